The Morgan fingerprint density at radius 3 is 2.00 bits per heavy atom. The lowest BCUT2D eigenvalue weighted by Crippen LogP contribution is -2.68. The number of alkyl halides is 6. The van der Waals surface area contributed by atoms with Crippen molar-refractivity contribution in [2.75, 3.05) is 10.6 Å². The van der Waals surface area contributed by atoms with Crippen molar-refractivity contribution in [3.63, 3.8) is 0 Å². The standard InChI is InChI=1S/C22H20F6N2O2/c23-21(24,25)31-14-4-2-13(3-5-14)29-20-11-8-18(20)19(9-1-10-19)30-17-7-6-15(12-16(17)20)32-22(26,27)28/h2-7,12,18,29-30H,1,8-11H2. The van der Waals surface area contributed by atoms with E-state index in [1.54, 1.807) is 6.07 Å². The first kappa shape index (κ1) is 21.1. The van der Waals surface area contributed by atoms with Crippen LogP contribution in [0.3, 0.4) is 0 Å². The lowest BCUT2D eigenvalue weighted by Gasteiger charge is -2.66. The van der Waals surface area contributed by atoms with Crippen molar-refractivity contribution in [1.82, 2.24) is 0 Å². The molecule has 2 fully saturated rings. The molecule has 0 bridgehead atoms. The molecule has 0 saturated heterocycles. The molecule has 1 aliphatic heterocycles. The molecule has 2 N–H and O–H groups in total. The molecule has 0 radical (unpaired) electrons. The number of rotatable bonds is 4. The summed E-state index contributed by atoms with van der Waals surface area (Å²) in [6, 6.07) is 9.69. The molecule has 2 saturated carbocycles. The van der Waals surface area contributed by atoms with Gasteiger partial charge >= 0.3 is 12.7 Å². The zero-order valence-corrected chi connectivity index (χ0v) is 16.7. The third kappa shape index (κ3) is 3.59. The lowest BCUT2D eigenvalue weighted by atomic mass is 9.48. The summed E-state index contributed by atoms with van der Waals surface area (Å²) in [4.78, 5) is 0. The predicted molar refractivity (Wildman–Crippen MR) is 104 cm³/mol. The Bertz CT molecular complexity index is 1020. The van der Waals surface area contributed by atoms with E-state index in [-0.39, 0.29) is 23.0 Å². The van der Waals surface area contributed by atoms with Gasteiger partial charge in [0.1, 0.15) is 11.5 Å². The van der Waals surface area contributed by atoms with Crippen LogP contribution in [0.2, 0.25) is 0 Å². The highest BCUT2D eigenvalue weighted by molar-refractivity contribution is 5.67. The van der Waals surface area contributed by atoms with Crippen LogP contribution in [0.15, 0.2) is 42.5 Å². The number of nitrogens with one attached hydrogen (secondary N) is 2. The van der Waals surface area contributed by atoms with Crippen LogP contribution in [0.1, 0.15) is 37.7 Å². The van der Waals surface area contributed by atoms with E-state index in [9.17, 15) is 26.3 Å². The SMILES string of the molecule is FC(F)(F)Oc1ccc(NC23CCC2C2(CCC2)Nc2ccc(OC(F)(F)F)cc23)cc1. The van der Waals surface area contributed by atoms with Gasteiger partial charge in [-0.25, -0.2) is 0 Å². The fourth-order valence-electron chi connectivity index (χ4n) is 5.45. The van der Waals surface area contributed by atoms with E-state index in [0.717, 1.165) is 31.4 Å². The molecule has 2 unspecified atom stereocenters. The van der Waals surface area contributed by atoms with Crippen LogP contribution in [0.25, 0.3) is 0 Å². The van der Waals surface area contributed by atoms with Gasteiger partial charge in [0.25, 0.3) is 0 Å². The molecule has 5 rings (SSSR count). The third-order valence-electron chi connectivity index (χ3n) is 6.88. The molecular weight excluding hydrogens is 438 g/mol. The molecule has 4 nitrogen and oxygen atoms in total. The van der Waals surface area contributed by atoms with Gasteiger partial charge in [0.05, 0.1) is 5.54 Å². The zero-order chi connectivity index (χ0) is 22.8. The summed E-state index contributed by atoms with van der Waals surface area (Å²) in [7, 11) is 0. The van der Waals surface area contributed by atoms with Crippen LogP contribution >= 0.6 is 0 Å². The van der Waals surface area contributed by atoms with E-state index in [2.05, 4.69) is 20.1 Å². The van der Waals surface area contributed by atoms with Crippen molar-refractivity contribution in [2.24, 2.45) is 5.92 Å². The molecule has 2 atom stereocenters. The van der Waals surface area contributed by atoms with Crippen LogP contribution < -0.4 is 20.1 Å². The van der Waals surface area contributed by atoms with Crippen molar-refractivity contribution in [2.45, 2.75) is 55.9 Å². The first-order valence-corrected chi connectivity index (χ1v) is 10.3. The molecule has 1 spiro atoms. The van der Waals surface area contributed by atoms with E-state index < -0.39 is 18.3 Å². The second-order valence-corrected chi connectivity index (χ2v) is 8.65. The number of fused-ring (bicyclic) bond motifs is 4. The fraction of sp³-hybridized carbons (Fsp3) is 0.455. The van der Waals surface area contributed by atoms with E-state index in [1.165, 1.54) is 36.4 Å². The van der Waals surface area contributed by atoms with Crippen molar-refractivity contribution < 1.29 is 35.8 Å². The normalized spacial score (nSPS) is 25.5. The van der Waals surface area contributed by atoms with Crippen LogP contribution in [-0.2, 0) is 5.54 Å². The molecule has 2 aromatic rings. The number of hydrogen-bond acceptors (Lipinski definition) is 4. The summed E-state index contributed by atoms with van der Waals surface area (Å²) in [6.45, 7) is 0. The first-order chi connectivity index (χ1) is 15.0. The smallest absolute Gasteiger partial charge is 0.406 e. The van der Waals surface area contributed by atoms with Crippen LogP contribution in [-0.4, -0.2) is 18.3 Å². The van der Waals surface area contributed by atoms with E-state index in [4.69, 9.17) is 0 Å². The zero-order valence-electron chi connectivity index (χ0n) is 16.7. The number of hydrogen-bond donors (Lipinski definition) is 2. The summed E-state index contributed by atoms with van der Waals surface area (Å²) in [6.07, 6.45) is -5.04. The van der Waals surface area contributed by atoms with Gasteiger partial charge in [0, 0.05) is 28.4 Å². The summed E-state index contributed by atoms with van der Waals surface area (Å²) in [5.74, 6) is -0.514. The highest BCUT2D eigenvalue weighted by atomic mass is 19.4. The average molecular weight is 458 g/mol. The first-order valence-electron chi connectivity index (χ1n) is 10.3. The van der Waals surface area contributed by atoms with Gasteiger partial charge < -0.3 is 20.1 Å². The van der Waals surface area contributed by atoms with E-state index in [0.29, 0.717) is 17.7 Å². The summed E-state index contributed by atoms with van der Waals surface area (Å²) in [5.41, 5.74) is 1.21. The van der Waals surface area contributed by atoms with Crippen molar-refractivity contribution >= 4 is 11.4 Å². The largest absolute Gasteiger partial charge is 0.573 e. The third-order valence-corrected chi connectivity index (χ3v) is 6.88. The van der Waals surface area contributed by atoms with Gasteiger partial charge in [-0.3, -0.25) is 0 Å². The van der Waals surface area contributed by atoms with Crippen LogP contribution in [0.5, 0.6) is 11.5 Å². The minimum atomic E-state index is -4.81. The van der Waals surface area contributed by atoms with E-state index in [1.807, 2.05) is 0 Å². The maximum absolute atomic E-state index is 12.8. The van der Waals surface area contributed by atoms with Gasteiger partial charge in [-0.1, -0.05) is 0 Å². The highest BCUT2D eigenvalue weighted by Gasteiger charge is 2.63. The highest BCUT2D eigenvalue weighted by Crippen LogP contribution is 2.64. The Morgan fingerprint density at radius 2 is 1.47 bits per heavy atom. The summed E-state index contributed by atoms with van der Waals surface area (Å²) in [5, 5.41) is 6.99. The second kappa shape index (κ2) is 6.86. The maximum atomic E-state index is 12.8. The minimum absolute atomic E-state index is 0.128. The quantitative estimate of drug-likeness (QED) is 0.510. The Labute approximate surface area is 179 Å². The molecule has 1 heterocycles. The monoisotopic (exact) mass is 458 g/mol. The number of halogens is 6. The number of benzene rings is 2. The van der Waals surface area contributed by atoms with Crippen LogP contribution in [0.4, 0.5) is 37.7 Å². The lowest BCUT2D eigenvalue weighted by molar-refractivity contribution is -0.275. The summed E-state index contributed by atoms with van der Waals surface area (Å²) < 4.78 is 83.8. The van der Waals surface area contributed by atoms with Crippen LogP contribution in [0, 0.1) is 5.92 Å². The molecule has 32 heavy (non-hydrogen) atoms. The van der Waals surface area contributed by atoms with Gasteiger partial charge in [-0.05, 0) is 74.6 Å². The van der Waals surface area contributed by atoms with Gasteiger partial charge in [0.2, 0.25) is 0 Å². The van der Waals surface area contributed by atoms with Gasteiger partial charge in [-0.15, -0.1) is 26.3 Å². The Balaban J connectivity index is 1.49. The average Bonchev–Trinajstić information content (AvgIpc) is 2.62. The second-order valence-electron chi connectivity index (χ2n) is 8.65. The Morgan fingerprint density at radius 1 is 0.844 bits per heavy atom. The maximum Gasteiger partial charge on any atom is 0.573 e. The molecule has 10 heteroatoms. The Kier molecular flexibility index (Phi) is 4.52. The topological polar surface area (TPSA) is 42.5 Å². The minimum Gasteiger partial charge on any atom is -0.406 e. The number of ether oxygens (including phenoxy) is 2. The molecule has 0 aromatic heterocycles. The van der Waals surface area contributed by atoms with Crippen molar-refractivity contribution in [3.8, 4) is 11.5 Å². The van der Waals surface area contributed by atoms with Gasteiger partial charge in [0.15, 0.2) is 0 Å². The molecular formula is C22H20F6N2O2. The molecule has 3 aliphatic rings. The summed E-state index contributed by atoms with van der Waals surface area (Å²) >= 11 is 0. The van der Waals surface area contributed by atoms with Crippen molar-refractivity contribution in [1.29, 1.82) is 0 Å². The number of anilines is 2. The molecule has 172 valence electrons. The fourth-order valence-corrected chi connectivity index (χ4v) is 5.45. The van der Waals surface area contributed by atoms with Gasteiger partial charge in [-0.2, -0.15) is 0 Å². The molecule has 0 amide bonds. The molecule has 2 aliphatic carbocycles. The Hall–Kier alpha value is -2.78. The molecule has 2 aromatic carbocycles. The van der Waals surface area contributed by atoms with E-state index >= 15 is 0 Å². The predicted octanol–water partition coefficient (Wildman–Crippen LogP) is 6.55. The van der Waals surface area contributed by atoms with Crippen molar-refractivity contribution in [3.05, 3.63) is 48.0 Å².